The number of nitrogens with zero attached hydrogens (tertiary/aromatic N) is 1. The van der Waals surface area contributed by atoms with E-state index >= 15 is 0 Å². The van der Waals surface area contributed by atoms with Crippen molar-refractivity contribution in [2.75, 3.05) is 11.9 Å². The van der Waals surface area contributed by atoms with Crippen molar-refractivity contribution in [1.82, 2.24) is 4.90 Å². The highest BCUT2D eigenvalue weighted by Crippen LogP contribution is 2.35. The lowest BCUT2D eigenvalue weighted by atomic mass is 10.0. The lowest BCUT2D eigenvalue weighted by molar-refractivity contribution is -0.274. The third kappa shape index (κ3) is 4.60. The van der Waals surface area contributed by atoms with Gasteiger partial charge in [-0.25, -0.2) is 0 Å². The first kappa shape index (κ1) is 21.7. The third-order valence-corrected chi connectivity index (χ3v) is 4.59. The van der Waals surface area contributed by atoms with Crippen LogP contribution in [-0.2, 0) is 9.59 Å². The number of benzene rings is 2. The average Bonchev–Trinajstić information content (AvgIpc) is 2.87. The van der Waals surface area contributed by atoms with E-state index in [0.29, 0.717) is 5.02 Å². The summed E-state index contributed by atoms with van der Waals surface area (Å²) in [4.78, 5) is 26.7. The van der Waals surface area contributed by atoms with Crippen LogP contribution in [0.15, 0.2) is 60.8 Å². The van der Waals surface area contributed by atoms with E-state index in [1.807, 2.05) is 0 Å². The minimum absolute atomic E-state index is 0.0131. The van der Waals surface area contributed by atoms with Gasteiger partial charge in [-0.2, -0.15) is 0 Å². The minimum Gasteiger partial charge on any atom is -0.406 e. The zero-order valence-electron chi connectivity index (χ0n) is 15.1. The standard InChI is InChI=1S/C20H13Cl2F3N2O3/c1-2-9-27-18(28)16(14-8-3-11(21)10-15(14)22)17(19(27)29)26-12-4-6-13(7-5-12)30-20(23,24)25/h2-8,10,26H,1,9H2. The van der Waals surface area contributed by atoms with Crippen molar-refractivity contribution < 1.29 is 27.5 Å². The molecule has 2 aromatic carbocycles. The van der Waals surface area contributed by atoms with Crippen LogP contribution in [0.1, 0.15) is 5.56 Å². The number of carbonyl (C=O) groups excluding carboxylic acids is 2. The van der Waals surface area contributed by atoms with Gasteiger partial charge in [0.2, 0.25) is 0 Å². The number of nitrogens with one attached hydrogen (secondary N) is 1. The summed E-state index contributed by atoms with van der Waals surface area (Å²) in [5.74, 6) is -1.65. The summed E-state index contributed by atoms with van der Waals surface area (Å²) in [5, 5.41) is 3.30. The molecule has 3 rings (SSSR count). The maximum absolute atomic E-state index is 12.9. The maximum Gasteiger partial charge on any atom is 0.573 e. The van der Waals surface area contributed by atoms with Gasteiger partial charge >= 0.3 is 6.36 Å². The van der Waals surface area contributed by atoms with E-state index < -0.39 is 23.9 Å². The van der Waals surface area contributed by atoms with E-state index in [2.05, 4.69) is 16.6 Å². The SMILES string of the molecule is C=CCN1C(=O)C(Nc2ccc(OC(F)(F)F)cc2)=C(c2ccc(Cl)cc2Cl)C1=O. The molecule has 2 aromatic rings. The van der Waals surface area contributed by atoms with Gasteiger partial charge in [-0.15, -0.1) is 19.8 Å². The van der Waals surface area contributed by atoms with Gasteiger partial charge in [0.1, 0.15) is 11.4 Å². The van der Waals surface area contributed by atoms with Crippen molar-refractivity contribution >= 4 is 46.3 Å². The number of hydrogen-bond acceptors (Lipinski definition) is 4. The molecule has 5 nitrogen and oxygen atoms in total. The second-order valence-electron chi connectivity index (χ2n) is 6.08. The fourth-order valence-electron chi connectivity index (χ4n) is 2.81. The Bertz CT molecular complexity index is 1050. The van der Waals surface area contributed by atoms with Crippen LogP contribution >= 0.6 is 23.2 Å². The molecule has 1 aliphatic rings. The van der Waals surface area contributed by atoms with Crippen LogP contribution in [-0.4, -0.2) is 29.6 Å². The highest BCUT2D eigenvalue weighted by atomic mass is 35.5. The van der Waals surface area contributed by atoms with Crippen LogP contribution in [0.5, 0.6) is 5.75 Å². The van der Waals surface area contributed by atoms with Crippen LogP contribution in [0.2, 0.25) is 10.0 Å². The number of rotatable bonds is 6. The van der Waals surface area contributed by atoms with Crippen LogP contribution in [0.25, 0.3) is 5.57 Å². The number of alkyl halides is 3. The van der Waals surface area contributed by atoms with Gasteiger partial charge in [0.25, 0.3) is 11.8 Å². The summed E-state index contributed by atoms with van der Waals surface area (Å²) in [6, 6.07) is 9.17. The Morgan fingerprint density at radius 2 is 1.73 bits per heavy atom. The quantitative estimate of drug-likeness (QED) is 0.475. The molecule has 1 N–H and O–H groups in total. The number of amides is 2. The van der Waals surface area contributed by atoms with Crippen molar-refractivity contribution in [1.29, 1.82) is 0 Å². The smallest absolute Gasteiger partial charge is 0.406 e. The number of carbonyl (C=O) groups is 2. The summed E-state index contributed by atoms with van der Waals surface area (Å²) in [5.41, 5.74) is 0.490. The number of imide groups is 1. The first-order valence-corrected chi connectivity index (χ1v) is 9.16. The molecule has 0 radical (unpaired) electrons. The number of hydrogen-bond donors (Lipinski definition) is 1. The molecule has 0 saturated heterocycles. The van der Waals surface area contributed by atoms with Crippen molar-refractivity contribution in [2.45, 2.75) is 6.36 Å². The molecule has 2 amide bonds. The third-order valence-electron chi connectivity index (χ3n) is 4.04. The summed E-state index contributed by atoms with van der Waals surface area (Å²) in [6.45, 7) is 3.50. The molecular formula is C20H13Cl2F3N2O3. The molecule has 0 saturated carbocycles. The molecule has 0 aromatic heterocycles. The highest BCUT2D eigenvalue weighted by Gasteiger charge is 2.39. The Hall–Kier alpha value is -2.97. The fraction of sp³-hybridized carbons (Fsp3) is 0.100. The minimum atomic E-state index is -4.82. The first-order valence-electron chi connectivity index (χ1n) is 8.40. The Morgan fingerprint density at radius 3 is 2.30 bits per heavy atom. The number of ether oxygens (including phenoxy) is 1. The molecular weight excluding hydrogens is 444 g/mol. The topological polar surface area (TPSA) is 58.6 Å². The van der Waals surface area contributed by atoms with Crippen LogP contribution < -0.4 is 10.1 Å². The van der Waals surface area contributed by atoms with Crippen molar-refractivity contribution in [3.63, 3.8) is 0 Å². The first-order chi connectivity index (χ1) is 14.1. The molecule has 0 aliphatic carbocycles. The van der Waals surface area contributed by atoms with E-state index in [1.54, 1.807) is 0 Å². The Morgan fingerprint density at radius 1 is 1.07 bits per heavy atom. The monoisotopic (exact) mass is 456 g/mol. The molecule has 0 spiro atoms. The Labute approximate surface area is 179 Å². The van der Waals surface area contributed by atoms with Crippen LogP contribution in [0, 0.1) is 0 Å². The predicted octanol–water partition coefficient (Wildman–Crippen LogP) is 5.27. The van der Waals surface area contributed by atoms with Gasteiger partial charge < -0.3 is 10.1 Å². The molecule has 0 unspecified atom stereocenters. The van der Waals surface area contributed by atoms with E-state index in [1.165, 1.54) is 36.4 Å². The van der Waals surface area contributed by atoms with Gasteiger partial charge in [0, 0.05) is 22.8 Å². The maximum atomic E-state index is 12.9. The number of anilines is 1. The summed E-state index contributed by atoms with van der Waals surface area (Å²) >= 11 is 12.1. The lowest BCUT2D eigenvalue weighted by Crippen LogP contribution is -2.32. The molecule has 30 heavy (non-hydrogen) atoms. The van der Waals surface area contributed by atoms with Gasteiger partial charge in [0.15, 0.2) is 0 Å². The summed E-state index contributed by atoms with van der Waals surface area (Å²) < 4.78 is 40.8. The molecule has 1 aliphatic heterocycles. The lowest BCUT2D eigenvalue weighted by Gasteiger charge is -2.13. The zero-order chi connectivity index (χ0) is 22.1. The number of halogens is 5. The van der Waals surface area contributed by atoms with E-state index in [9.17, 15) is 22.8 Å². The summed E-state index contributed by atoms with van der Waals surface area (Å²) in [6.07, 6.45) is -3.43. The normalized spacial score (nSPS) is 14.4. The van der Waals surface area contributed by atoms with E-state index in [-0.39, 0.29) is 34.1 Å². The Balaban J connectivity index is 2.00. The van der Waals surface area contributed by atoms with Crippen molar-refractivity contribution in [3.05, 3.63) is 76.4 Å². The molecule has 0 atom stereocenters. The fourth-order valence-corrected chi connectivity index (χ4v) is 3.32. The van der Waals surface area contributed by atoms with Crippen molar-refractivity contribution in [2.24, 2.45) is 0 Å². The molecule has 10 heteroatoms. The predicted molar refractivity (Wildman–Crippen MR) is 107 cm³/mol. The van der Waals surface area contributed by atoms with Gasteiger partial charge in [-0.1, -0.05) is 35.3 Å². The molecule has 156 valence electrons. The van der Waals surface area contributed by atoms with E-state index in [0.717, 1.165) is 17.0 Å². The van der Waals surface area contributed by atoms with Gasteiger partial charge in [-0.05, 0) is 36.4 Å². The zero-order valence-corrected chi connectivity index (χ0v) is 16.6. The second-order valence-corrected chi connectivity index (χ2v) is 6.92. The molecule has 0 bridgehead atoms. The highest BCUT2D eigenvalue weighted by molar-refractivity contribution is 6.41. The second kappa shape index (κ2) is 8.41. The van der Waals surface area contributed by atoms with Crippen LogP contribution in [0.3, 0.4) is 0 Å². The summed E-state index contributed by atoms with van der Waals surface area (Å²) in [7, 11) is 0. The Kier molecular flexibility index (Phi) is 6.09. The van der Waals surface area contributed by atoms with E-state index in [4.69, 9.17) is 23.2 Å². The average molecular weight is 457 g/mol. The largest absolute Gasteiger partial charge is 0.573 e. The van der Waals surface area contributed by atoms with Crippen LogP contribution in [0.4, 0.5) is 18.9 Å². The van der Waals surface area contributed by atoms with Gasteiger partial charge in [-0.3, -0.25) is 14.5 Å². The van der Waals surface area contributed by atoms with Crippen molar-refractivity contribution in [3.8, 4) is 5.75 Å². The van der Waals surface area contributed by atoms with Gasteiger partial charge in [0.05, 0.1) is 10.6 Å². The molecule has 1 heterocycles. The molecule has 0 fully saturated rings.